The molecule has 1 aliphatic heterocycles. The molecule has 0 fully saturated rings. The van der Waals surface area contributed by atoms with Gasteiger partial charge >= 0.3 is 0 Å². The van der Waals surface area contributed by atoms with Gasteiger partial charge in [0.2, 0.25) is 0 Å². The smallest absolute Gasteiger partial charge is 0.180 e. The molecule has 2 nitrogen and oxygen atoms in total. The fourth-order valence-corrected chi connectivity index (χ4v) is 4.66. The third-order valence-corrected chi connectivity index (χ3v) is 5.71. The topological polar surface area (TPSA) is 38.9 Å². The van der Waals surface area contributed by atoms with Crippen molar-refractivity contribution >= 4 is 27.4 Å². The molecule has 1 aromatic carbocycles. The van der Waals surface area contributed by atoms with Crippen molar-refractivity contribution in [2.45, 2.75) is 18.7 Å². The molecule has 1 aliphatic rings. The Labute approximate surface area is 120 Å². The highest BCUT2D eigenvalue weighted by molar-refractivity contribution is 8.22. The van der Waals surface area contributed by atoms with Crippen molar-refractivity contribution in [3.8, 4) is 11.3 Å². The lowest BCUT2D eigenvalue weighted by Gasteiger charge is -2.15. The standard InChI is InChI=1S/C15H16N2S2/c1-10-7-12(19-5-3-4-6-19)8-11(2)14(10)13-9-18-15(16)17-13/h3-9,19H,1-2H3,(H2,16,17). The molecule has 98 valence electrons. The van der Waals surface area contributed by atoms with Crippen LogP contribution >= 0.6 is 22.2 Å². The van der Waals surface area contributed by atoms with Crippen LogP contribution < -0.4 is 5.73 Å². The molecule has 0 bridgehead atoms. The van der Waals surface area contributed by atoms with E-state index < -0.39 is 0 Å². The normalized spacial score (nSPS) is 15.4. The van der Waals surface area contributed by atoms with Crippen LogP contribution in [-0.4, -0.2) is 4.98 Å². The van der Waals surface area contributed by atoms with E-state index in [1.165, 1.54) is 32.9 Å². The molecule has 0 atom stereocenters. The first kappa shape index (κ1) is 12.5. The number of nitrogens with two attached hydrogens (primary N) is 1. The van der Waals surface area contributed by atoms with E-state index in [2.05, 4.69) is 53.9 Å². The van der Waals surface area contributed by atoms with E-state index in [0.717, 1.165) is 5.69 Å². The lowest BCUT2D eigenvalue weighted by atomic mass is 10.0. The minimum absolute atomic E-state index is 0.252. The van der Waals surface area contributed by atoms with E-state index in [-0.39, 0.29) is 10.9 Å². The van der Waals surface area contributed by atoms with Gasteiger partial charge in [0.05, 0.1) is 5.69 Å². The van der Waals surface area contributed by atoms with Gasteiger partial charge in [0, 0.05) is 10.9 Å². The molecule has 3 rings (SSSR count). The number of thiol groups is 1. The van der Waals surface area contributed by atoms with Crippen molar-refractivity contribution in [1.29, 1.82) is 0 Å². The zero-order valence-corrected chi connectivity index (χ0v) is 12.6. The second-order valence-electron chi connectivity index (χ2n) is 4.62. The second kappa shape index (κ2) is 4.87. The van der Waals surface area contributed by atoms with Crippen LogP contribution in [0.2, 0.25) is 0 Å². The zero-order chi connectivity index (χ0) is 13.4. The Morgan fingerprint density at radius 3 is 2.26 bits per heavy atom. The van der Waals surface area contributed by atoms with E-state index in [4.69, 9.17) is 5.73 Å². The summed E-state index contributed by atoms with van der Waals surface area (Å²) in [5.74, 6) is 0. The molecule has 0 unspecified atom stereocenters. The maximum atomic E-state index is 5.74. The number of rotatable bonds is 2. The van der Waals surface area contributed by atoms with Crippen LogP contribution in [0.3, 0.4) is 0 Å². The number of anilines is 1. The zero-order valence-electron chi connectivity index (χ0n) is 10.9. The van der Waals surface area contributed by atoms with Gasteiger partial charge in [0.25, 0.3) is 0 Å². The van der Waals surface area contributed by atoms with Crippen molar-refractivity contribution in [3.05, 3.63) is 51.6 Å². The number of aryl methyl sites for hydroxylation is 2. The van der Waals surface area contributed by atoms with Crippen molar-refractivity contribution in [2.24, 2.45) is 0 Å². The molecular weight excluding hydrogens is 272 g/mol. The first-order valence-corrected chi connectivity index (χ1v) is 8.47. The second-order valence-corrected chi connectivity index (χ2v) is 7.43. The van der Waals surface area contributed by atoms with Gasteiger partial charge in [-0.05, 0) is 52.8 Å². The molecule has 0 aliphatic carbocycles. The predicted octanol–water partition coefficient (Wildman–Crippen LogP) is 4.41. The molecule has 0 saturated heterocycles. The van der Waals surface area contributed by atoms with E-state index in [1.807, 2.05) is 5.38 Å². The quantitative estimate of drug-likeness (QED) is 0.803. The Kier molecular flexibility index (Phi) is 3.21. The summed E-state index contributed by atoms with van der Waals surface area (Å²) in [5.41, 5.74) is 10.5. The first-order chi connectivity index (χ1) is 9.15. The SMILES string of the molecule is Cc1cc([SH]2C=CC=C2)cc(C)c1-c1csc(N)n1. The summed E-state index contributed by atoms with van der Waals surface area (Å²) in [6.45, 7) is 4.31. The summed E-state index contributed by atoms with van der Waals surface area (Å²) in [5, 5.41) is 7.22. The summed E-state index contributed by atoms with van der Waals surface area (Å²) in [4.78, 5) is 5.81. The van der Waals surface area contributed by atoms with Gasteiger partial charge in [-0.3, -0.25) is 0 Å². The number of aromatic nitrogens is 1. The summed E-state index contributed by atoms with van der Waals surface area (Å²) < 4.78 is 0. The third-order valence-electron chi connectivity index (χ3n) is 3.20. The van der Waals surface area contributed by atoms with Crippen LogP contribution in [0, 0.1) is 13.8 Å². The molecule has 0 amide bonds. The van der Waals surface area contributed by atoms with E-state index >= 15 is 0 Å². The molecule has 2 heterocycles. The van der Waals surface area contributed by atoms with E-state index in [1.54, 1.807) is 0 Å². The van der Waals surface area contributed by atoms with Crippen molar-refractivity contribution < 1.29 is 0 Å². The van der Waals surface area contributed by atoms with Crippen molar-refractivity contribution in [3.63, 3.8) is 0 Å². The Morgan fingerprint density at radius 2 is 1.74 bits per heavy atom. The van der Waals surface area contributed by atoms with E-state index in [9.17, 15) is 0 Å². The summed E-state index contributed by atoms with van der Waals surface area (Å²) in [6, 6.07) is 4.56. The first-order valence-electron chi connectivity index (χ1n) is 6.11. The highest BCUT2D eigenvalue weighted by Crippen LogP contribution is 2.44. The monoisotopic (exact) mass is 288 g/mol. The highest BCUT2D eigenvalue weighted by Gasteiger charge is 2.12. The molecule has 4 heteroatoms. The predicted molar refractivity (Wildman–Crippen MR) is 87.0 cm³/mol. The maximum Gasteiger partial charge on any atom is 0.180 e. The van der Waals surface area contributed by atoms with Crippen LogP contribution in [-0.2, 0) is 0 Å². The number of benzene rings is 1. The number of hydrogen-bond acceptors (Lipinski definition) is 3. The minimum atomic E-state index is -0.252. The molecule has 1 aromatic heterocycles. The van der Waals surface area contributed by atoms with Gasteiger partial charge in [0.1, 0.15) is 0 Å². The number of hydrogen-bond donors (Lipinski definition) is 2. The van der Waals surface area contributed by atoms with Crippen LogP contribution in [0.25, 0.3) is 11.3 Å². The summed E-state index contributed by atoms with van der Waals surface area (Å²) in [6.07, 6.45) is 4.26. The highest BCUT2D eigenvalue weighted by atomic mass is 32.2. The van der Waals surface area contributed by atoms with Gasteiger partial charge in [-0.1, -0.05) is 12.2 Å². The molecule has 0 saturated carbocycles. The molecule has 0 radical (unpaired) electrons. The van der Waals surface area contributed by atoms with Crippen LogP contribution in [0.15, 0.2) is 45.4 Å². The maximum absolute atomic E-state index is 5.74. The number of nitrogen functional groups attached to an aromatic ring is 1. The van der Waals surface area contributed by atoms with Crippen molar-refractivity contribution in [1.82, 2.24) is 4.98 Å². The molecule has 19 heavy (non-hydrogen) atoms. The average molecular weight is 288 g/mol. The molecule has 2 aromatic rings. The van der Waals surface area contributed by atoms with Crippen LogP contribution in [0.5, 0.6) is 0 Å². The minimum Gasteiger partial charge on any atom is -0.375 e. The lowest BCUT2D eigenvalue weighted by molar-refractivity contribution is 1.27. The fraction of sp³-hybridized carbons (Fsp3) is 0.133. The summed E-state index contributed by atoms with van der Waals surface area (Å²) >= 11 is 1.49. The number of allylic oxidation sites excluding steroid dienone is 2. The Morgan fingerprint density at radius 1 is 1.11 bits per heavy atom. The Balaban J connectivity index is 2.08. The third kappa shape index (κ3) is 2.33. The van der Waals surface area contributed by atoms with Gasteiger partial charge in [0.15, 0.2) is 5.13 Å². The number of nitrogens with zero attached hydrogens (tertiary/aromatic N) is 1. The van der Waals surface area contributed by atoms with Gasteiger partial charge in [-0.2, -0.15) is 10.9 Å². The summed E-state index contributed by atoms with van der Waals surface area (Å²) in [7, 11) is -0.252. The fourth-order valence-electron chi connectivity index (χ4n) is 2.40. The van der Waals surface area contributed by atoms with Gasteiger partial charge in [-0.15, -0.1) is 11.3 Å². The number of thiazole rings is 1. The largest absolute Gasteiger partial charge is 0.375 e. The Bertz CT molecular complexity index is 648. The molecule has 2 N–H and O–H groups in total. The average Bonchev–Trinajstić information content (AvgIpc) is 2.99. The van der Waals surface area contributed by atoms with Crippen molar-refractivity contribution in [2.75, 3.05) is 5.73 Å². The van der Waals surface area contributed by atoms with Crippen LogP contribution in [0.1, 0.15) is 11.1 Å². The van der Waals surface area contributed by atoms with E-state index in [0.29, 0.717) is 5.13 Å². The molecular formula is C15H16N2S2. The van der Waals surface area contributed by atoms with Gasteiger partial charge < -0.3 is 5.73 Å². The van der Waals surface area contributed by atoms with Crippen LogP contribution in [0.4, 0.5) is 5.13 Å². The molecule has 0 spiro atoms. The van der Waals surface area contributed by atoms with Gasteiger partial charge in [-0.25, -0.2) is 4.98 Å². The lowest BCUT2D eigenvalue weighted by Crippen LogP contribution is -1.91. The Hall–Kier alpha value is -1.52.